The molecule has 21 nitrogen and oxygen atoms in total. The predicted molar refractivity (Wildman–Crippen MR) is 223 cm³/mol. The van der Waals surface area contributed by atoms with Crippen molar-refractivity contribution in [1.29, 1.82) is 0 Å². The van der Waals surface area contributed by atoms with Crippen LogP contribution in [0.25, 0.3) is 0 Å². The molecule has 0 saturated heterocycles. The topological polar surface area (TPSA) is 429 Å². The van der Waals surface area contributed by atoms with Crippen LogP contribution in [0.5, 0.6) is 40.2 Å². The van der Waals surface area contributed by atoms with Crippen molar-refractivity contribution < 1.29 is 102 Å². The number of carbonyl (C=O) groups excluding carboxylic acids is 2. The number of rotatable bonds is 12. The van der Waals surface area contributed by atoms with Crippen LogP contribution in [-0.4, -0.2) is 116 Å². The first kappa shape index (κ1) is 56.6. The van der Waals surface area contributed by atoms with Crippen LogP contribution < -0.4 is 22.9 Å². The van der Waals surface area contributed by atoms with Gasteiger partial charge < -0.3 is 79.1 Å². The number of hydrogen-bond acceptors (Lipinski definition) is 17. The van der Waals surface area contributed by atoms with Gasteiger partial charge in [-0.15, -0.1) is 0 Å². The summed E-state index contributed by atoms with van der Waals surface area (Å²) in [5, 5.41) is 97.4. The number of benzene rings is 4. The summed E-state index contributed by atoms with van der Waals surface area (Å²) in [6.07, 6.45) is 5.63. The number of aliphatic carboxylic acids is 4. The van der Waals surface area contributed by atoms with E-state index >= 15 is 0 Å². The van der Waals surface area contributed by atoms with E-state index in [1.807, 2.05) is 0 Å². The molecule has 22 heteroatoms. The van der Waals surface area contributed by atoms with E-state index in [2.05, 4.69) is 0 Å². The van der Waals surface area contributed by atoms with E-state index in [0.29, 0.717) is 16.7 Å². The summed E-state index contributed by atoms with van der Waals surface area (Å²) < 4.78 is 0. The molecule has 344 valence electrons. The van der Waals surface area contributed by atoms with Crippen LogP contribution in [0.2, 0.25) is 0 Å². The van der Waals surface area contributed by atoms with Crippen molar-refractivity contribution in [2.75, 3.05) is 0 Å². The summed E-state index contributed by atoms with van der Waals surface area (Å²) in [5.41, 5.74) is 23.7. The molecule has 64 heavy (non-hydrogen) atoms. The number of allylic oxidation sites excluding steroid dienone is 4. The molecule has 0 aromatic heterocycles. The van der Waals surface area contributed by atoms with Gasteiger partial charge in [0.25, 0.3) is 0 Å². The number of aromatic hydroxyl groups is 7. The van der Waals surface area contributed by atoms with E-state index in [0.717, 1.165) is 5.56 Å². The van der Waals surface area contributed by atoms with Crippen molar-refractivity contribution >= 4 is 35.4 Å². The molecular weight excluding hydrogens is 884 g/mol. The zero-order valence-corrected chi connectivity index (χ0v) is 34.8. The molecule has 0 bridgehead atoms. The number of carboxylic acids is 4. The first-order valence-electron chi connectivity index (χ1n) is 18.1. The van der Waals surface area contributed by atoms with E-state index < -0.39 is 48.0 Å². The number of phenolic OH excluding ortho intramolecular Hbond substituents is 7. The van der Waals surface area contributed by atoms with Crippen LogP contribution in [-0.2, 0) is 71.8 Å². The molecule has 5 rings (SSSR count). The van der Waals surface area contributed by atoms with Crippen LogP contribution in [0.1, 0.15) is 22.3 Å². The average Bonchev–Trinajstić information content (AvgIpc) is 3.22. The number of hydrogen-bond donors (Lipinski definition) is 15. The standard InChI is InChI=1S/3C9H11NO4.C9H11NO3.C6H4O2.Cr/c3*10-6(9(13)14)3-5-1-2-7(11)8(12)4-5;10-8(9(12)13)5-6-1-3-7(11)4-2-6;7-5-1-2-6(8)4-3-5;/h3*1-2,4,6,11-12H,3,10H2,(H,13,14);1-4,8,11H,5,10H2,(H,12,13);1-4H;. The molecule has 0 spiro atoms. The quantitative estimate of drug-likeness (QED) is 0.0688. The maximum atomic E-state index is 10.4. The number of ketones is 2. The van der Waals surface area contributed by atoms with Gasteiger partial charge in [-0.2, -0.15) is 0 Å². The average molecular weight is 933 g/mol. The van der Waals surface area contributed by atoms with E-state index in [1.54, 1.807) is 12.1 Å². The number of phenols is 7. The van der Waals surface area contributed by atoms with Crippen LogP contribution in [0.15, 0.2) is 103 Å². The molecule has 1 aliphatic carbocycles. The number of carboxylic acid groups (broad SMARTS) is 4. The zero-order chi connectivity index (χ0) is 48.0. The Balaban J connectivity index is 0.000000780. The number of nitrogens with two attached hydrogens (primary N) is 4. The zero-order valence-electron chi connectivity index (χ0n) is 33.5. The first-order valence-corrected chi connectivity index (χ1v) is 18.1. The third-order valence-corrected chi connectivity index (χ3v) is 7.97. The molecule has 0 heterocycles. The molecule has 0 saturated carbocycles. The fraction of sp³-hybridized carbons (Fsp3) is 0.190. The molecule has 0 amide bonds. The van der Waals surface area contributed by atoms with Gasteiger partial charge in [0.2, 0.25) is 0 Å². The van der Waals surface area contributed by atoms with E-state index in [4.69, 9.17) is 79.1 Å². The summed E-state index contributed by atoms with van der Waals surface area (Å²) in [5.74, 6) is -5.95. The van der Waals surface area contributed by atoms with Crippen molar-refractivity contribution in [1.82, 2.24) is 0 Å². The Hall–Kier alpha value is -7.45. The molecule has 0 radical (unpaired) electrons. The molecule has 4 atom stereocenters. The van der Waals surface area contributed by atoms with Gasteiger partial charge in [0.05, 0.1) is 0 Å². The second-order valence-corrected chi connectivity index (χ2v) is 13.2. The van der Waals surface area contributed by atoms with E-state index in [9.17, 15) is 28.8 Å². The summed E-state index contributed by atoms with van der Waals surface area (Å²) >= 11 is 0. The Morgan fingerprint density at radius 2 is 0.594 bits per heavy atom. The molecule has 4 aromatic rings. The molecule has 19 N–H and O–H groups in total. The first-order chi connectivity index (χ1) is 29.4. The van der Waals surface area contributed by atoms with Crippen molar-refractivity contribution in [2.45, 2.75) is 49.9 Å². The van der Waals surface area contributed by atoms with Gasteiger partial charge in [-0.3, -0.25) is 28.8 Å². The molecular formula is C42H48CrN4O17. The van der Waals surface area contributed by atoms with Gasteiger partial charge in [-0.25, -0.2) is 0 Å². The van der Waals surface area contributed by atoms with Gasteiger partial charge in [0.15, 0.2) is 46.1 Å². The number of carbonyl (C=O) groups is 6. The molecule has 1 aliphatic rings. The third-order valence-electron chi connectivity index (χ3n) is 7.97. The van der Waals surface area contributed by atoms with Crippen molar-refractivity contribution in [3.8, 4) is 40.2 Å². The van der Waals surface area contributed by atoms with E-state index in [1.165, 1.54) is 91.0 Å². The van der Waals surface area contributed by atoms with Crippen molar-refractivity contribution in [2.24, 2.45) is 22.9 Å². The van der Waals surface area contributed by atoms with Crippen LogP contribution in [0, 0.1) is 0 Å². The Kier molecular flexibility index (Phi) is 24.9. The predicted octanol–water partition coefficient (Wildman–Crippen LogP) is 0.751. The summed E-state index contributed by atoms with van der Waals surface area (Å²) in [4.78, 5) is 62.2. The second-order valence-electron chi connectivity index (χ2n) is 13.2. The van der Waals surface area contributed by atoms with Gasteiger partial charge >= 0.3 is 23.9 Å². The molecule has 0 aliphatic heterocycles. The third kappa shape index (κ3) is 22.4. The van der Waals surface area contributed by atoms with Crippen molar-refractivity contribution in [3.63, 3.8) is 0 Å². The van der Waals surface area contributed by atoms with Gasteiger partial charge in [-0.05, 0) is 121 Å². The van der Waals surface area contributed by atoms with Crippen molar-refractivity contribution in [3.05, 3.63) is 125 Å². The fourth-order valence-corrected chi connectivity index (χ4v) is 4.52. The molecule has 0 fully saturated rings. The Labute approximate surface area is 375 Å². The fourth-order valence-electron chi connectivity index (χ4n) is 4.52. The minimum atomic E-state index is -1.10. The summed E-state index contributed by atoms with van der Waals surface area (Å²) in [7, 11) is 0. The van der Waals surface area contributed by atoms with Gasteiger partial charge in [0.1, 0.15) is 29.9 Å². The van der Waals surface area contributed by atoms with Crippen LogP contribution >= 0.6 is 0 Å². The minimum absolute atomic E-state index is 0. The maximum absolute atomic E-state index is 10.4. The molecule has 4 unspecified atom stereocenters. The normalized spacial score (nSPS) is 12.8. The van der Waals surface area contributed by atoms with Gasteiger partial charge in [-0.1, -0.05) is 30.3 Å². The summed E-state index contributed by atoms with van der Waals surface area (Å²) in [6.45, 7) is 0. The second kappa shape index (κ2) is 28.2. The van der Waals surface area contributed by atoms with Crippen LogP contribution in [0.4, 0.5) is 0 Å². The largest absolute Gasteiger partial charge is 0.508 e. The van der Waals surface area contributed by atoms with Gasteiger partial charge in [0, 0.05) is 17.4 Å². The maximum Gasteiger partial charge on any atom is 0.320 e. The SMILES string of the molecule is NC(Cc1ccc(O)c(O)c1)C(=O)O.NC(Cc1ccc(O)c(O)c1)C(=O)O.NC(Cc1ccc(O)c(O)c1)C(=O)O.NC(Cc1ccc(O)cc1)C(=O)O.O=C1C=CC(=O)C=C1.[Cr]. The molecule has 4 aromatic carbocycles. The monoisotopic (exact) mass is 932 g/mol. The Morgan fingerprint density at radius 1 is 0.375 bits per heavy atom. The van der Waals surface area contributed by atoms with Crippen LogP contribution in [0.3, 0.4) is 0 Å². The smallest absolute Gasteiger partial charge is 0.320 e. The summed E-state index contributed by atoms with van der Waals surface area (Å²) in [6, 6.07) is 14.7. The van der Waals surface area contributed by atoms with E-state index in [-0.39, 0.29) is 94.9 Å². The Morgan fingerprint density at radius 3 is 0.812 bits per heavy atom. The Bertz CT molecular complexity index is 2070. The minimum Gasteiger partial charge on any atom is -0.508 e.